The lowest BCUT2D eigenvalue weighted by Crippen LogP contribution is -2.69. The number of aliphatic hydroxyl groups excluding tert-OH is 2. The molecule has 0 aromatic heterocycles. The van der Waals surface area contributed by atoms with Gasteiger partial charge in [0, 0.05) is 19.1 Å². The first-order valence-corrected chi connectivity index (χ1v) is 7.97. The molecule has 124 valence electrons. The van der Waals surface area contributed by atoms with Gasteiger partial charge in [-0.2, -0.15) is 0 Å². The summed E-state index contributed by atoms with van der Waals surface area (Å²) in [7, 11) is 0. The van der Waals surface area contributed by atoms with Crippen molar-refractivity contribution in [3.8, 4) is 0 Å². The SMILES string of the molecule is O=C1CN(C2CCC(O)CN2)C(=O)C(C2CCC(O)CN2)N1. The Morgan fingerprint density at radius 3 is 2.23 bits per heavy atom. The fraction of sp³-hybridized carbons (Fsp3) is 0.857. The molecule has 0 spiro atoms. The zero-order chi connectivity index (χ0) is 15.7. The van der Waals surface area contributed by atoms with Gasteiger partial charge in [-0.1, -0.05) is 0 Å². The normalized spacial score (nSPS) is 40.5. The Hall–Kier alpha value is -1.22. The van der Waals surface area contributed by atoms with Gasteiger partial charge in [0.25, 0.3) is 0 Å². The van der Waals surface area contributed by atoms with Crippen molar-refractivity contribution in [2.24, 2.45) is 0 Å². The largest absolute Gasteiger partial charge is 0.392 e. The summed E-state index contributed by atoms with van der Waals surface area (Å²) in [4.78, 5) is 26.3. The number of piperazine rings is 1. The molecule has 2 amide bonds. The van der Waals surface area contributed by atoms with Crippen molar-refractivity contribution in [2.75, 3.05) is 19.6 Å². The molecule has 0 aromatic rings. The average Bonchev–Trinajstić information content (AvgIpc) is 2.51. The molecule has 0 radical (unpaired) electrons. The molecule has 8 nitrogen and oxygen atoms in total. The Bertz CT molecular complexity index is 395. The third-order valence-corrected chi connectivity index (χ3v) is 4.75. The van der Waals surface area contributed by atoms with Crippen molar-refractivity contribution >= 4 is 11.8 Å². The molecule has 5 unspecified atom stereocenters. The molecule has 5 atom stereocenters. The number of nitrogens with zero attached hydrogens (tertiary/aromatic N) is 1. The lowest BCUT2D eigenvalue weighted by Gasteiger charge is -2.43. The summed E-state index contributed by atoms with van der Waals surface area (Å²) in [5.41, 5.74) is 0. The van der Waals surface area contributed by atoms with E-state index in [9.17, 15) is 19.8 Å². The van der Waals surface area contributed by atoms with E-state index in [4.69, 9.17) is 0 Å². The van der Waals surface area contributed by atoms with Crippen LogP contribution in [0.2, 0.25) is 0 Å². The van der Waals surface area contributed by atoms with Gasteiger partial charge in [0.15, 0.2) is 0 Å². The molecule has 5 N–H and O–H groups in total. The number of β-amino-alcohol motifs (C(OH)–C–C–N with tert-alkyl or cyclic N) is 2. The molecule has 0 aromatic carbocycles. The van der Waals surface area contributed by atoms with Crippen molar-refractivity contribution < 1.29 is 19.8 Å². The van der Waals surface area contributed by atoms with Crippen LogP contribution in [0.4, 0.5) is 0 Å². The number of carbonyl (C=O) groups excluding carboxylic acids is 2. The van der Waals surface area contributed by atoms with Gasteiger partial charge in [-0.05, 0) is 25.7 Å². The molecule has 3 fully saturated rings. The lowest BCUT2D eigenvalue weighted by atomic mass is 9.93. The second kappa shape index (κ2) is 6.49. The van der Waals surface area contributed by atoms with Crippen molar-refractivity contribution in [3.05, 3.63) is 0 Å². The maximum atomic E-state index is 12.7. The molecular weight excluding hydrogens is 288 g/mol. The molecule has 22 heavy (non-hydrogen) atoms. The summed E-state index contributed by atoms with van der Waals surface area (Å²) in [6.45, 7) is 0.936. The van der Waals surface area contributed by atoms with E-state index >= 15 is 0 Å². The smallest absolute Gasteiger partial charge is 0.248 e. The van der Waals surface area contributed by atoms with Crippen LogP contribution in [-0.2, 0) is 9.59 Å². The van der Waals surface area contributed by atoms with Gasteiger partial charge in [0.2, 0.25) is 11.8 Å². The van der Waals surface area contributed by atoms with Crippen LogP contribution in [0.5, 0.6) is 0 Å². The van der Waals surface area contributed by atoms with E-state index in [1.165, 1.54) is 0 Å². The Morgan fingerprint density at radius 2 is 1.64 bits per heavy atom. The summed E-state index contributed by atoms with van der Waals surface area (Å²) in [6, 6.07) is -0.723. The topological polar surface area (TPSA) is 114 Å². The molecule has 3 saturated heterocycles. The van der Waals surface area contributed by atoms with E-state index in [0.29, 0.717) is 38.8 Å². The van der Waals surface area contributed by atoms with Gasteiger partial charge in [0.05, 0.1) is 18.4 Å². The quantitative estimate of drug-likeness (QED) is 0.385. The number of amides is 2. The third-order valence-electron chi connectivity index (χ3n) is 4.75. The highest BCUT2D eigenvalue weighted by molar-refractivity contribution is 5.95. The minimum absolute atomic E-state index is 0.0540. The fourth-order valence-electron chi connectivity index (χ4n) is 3.47. The predicted molar refractivity (Wildman–Crippen MR) is 77.7 cm³/mol. The number of hydrogen-bond acceptors (Lipinski definition) is 6. The van der Waals surface area contributed by atoms with Crippen LogP contribution in [0.3, 0.4) is 0 Å². The number of carbonyl (C=O) groups is 2. The van der Waals surface area contributed by atoms with Crippen molar-refractivity contribution in [2.45, 2.75) is 56.1 Å². The maximum Gasteiger partial charge on any atom is 0.248 e. The Kier molecular flexibility index (Phi) is 4.62. The van der Waals surface area contributed by atoms with Gasteiger partial charge in [-0.15, -0.1) is 0 Å². The maximum absolute atomic E-state index is 12.7. The third kappa shape index (κ3) is 3.24. The van der Waals surface area contributed by atoms with E-state index in [-0.39, 0.29) is 42.8 Å². The van der Waals surface area contributed by atoms with Crippen molar-refractivity contribution in [3.63, 3.8) is 0 Å². The second-order valence-electron chi connectivity index (χ2n) is 6.41. The summed E-state index contributed by atoms with van der Waals surface area (Å²) >= 11 is 0. The molecule has 3 aliphatic rings. The first-order valence-electron chi connectivity index (χ1n) is 7.97. The zero-order valence-electron chi connectivity index (χ0n) is 12.5. The van der Waals surface area contributed by atoms with Gasteiger partial charge in [0.1, 0.15) is 12.6 Å². The molecular formula is C14H24N4O4. The minimum atomic E-state index is -0.581. The average molecular weight is 312 g/mol. The van der Waals surface area contributed by atoms with Crippen LogP contribution in [0.15, 0.2) is 0 Å². The van der Waals surface area contributed by atoms with Crippen molar-refractivity contribution in [1.29, 1.82) is 0 Å². The molecule has 8 heteroatoms. The van der Waals surface area contributed by atoms with E-state index in [1.54, 1.807) is 4.90 Å². The van der Waals surface area contributed by atoms with E-state index in [1.807, 2.05) is 0 Å². The van der Waals surface area contributed by atoms with Crippen molar-refractivity contribution in [1.82, 2.24) is 20.9 Å². The van der Waals surface area contributed by atoms with E-state index in [2.05, 4.69) is 16.0 Å². The molecule has 0 saturated carbocycles. The lowest BCUT2D eigenvalue weighted by molar-refractivity contribution is -0.149. The summed E-state index contributed by atoms with van der Waals surface area (Å²) in [5.74, 6) is -0.257. The van der Waals surface area contributed by atoms with Crippen LogP contribution < -0.4 is 16.0 Å². The van der Waals surface area contributed by atoms with Crippen LogP contribution in [-0.4, -0.2) is 77.0 Å². The summed E-state index contributed by atoms with van der Waals surface area (Å²) < 4.78 is 0. The van der Waals surface area contributed by atoms with Crippen LogP contribution in [0, 0.1) is 0 Å². The van der Waals surface area contributed by atoms with E-state index < -0.39 is 6.04 Å². The zero-order valence-corrected chi connectivity index (χ0v) is 12.5. The highest BCUT2D eigenvalue weighted by Crippen LogP contribution is 2.19. The van der Waals surface area contributed by atoms with Gasteiger partial charge in [-0.25, -0.2) is 0 Å². The Labute approximate surface area is 129 Å². The predicted octanol–water partition coefficient (Wildman–Crippen LogP) is -2.50. The monoisotopic (exact) mass is 312 g/mol. The summed E-state index contributed by atoms with van der Waals surface area (Å²) in [5, 5.41) is 28.1. The van der Waals surface area contributed by atoms with Crippen LogP contribution in [0.25, 0.3) is 0 Å². The molecule has 3 aliphatic heterocycles. The Morgan fingerprint density at radius 1 is 0.955 bits per heavy atom. The number of nitrogens with one attached hydrogen (secondary N) is 3. The molecule has 3 rings (SSSR count). The van der Waals surface area contributed by atoms with Gasteiger partial charge in [-0.3, -0.25) is 14.9 Å². The number of piperidine rings is 2. The van der Waals surface area contributed by atoms with Gasteiger partial charge < -0.3 is 25.7 Å². The second-order valence-corrected chi connectivity index (χ2v) is 6.41. The molecule has 0 bridgehead atoms. The van der Waals surface area contributed by atoms with E-state index in [0.717, 1.165) is 0 Å². The first kappa shape index (κ1) is 15.7. The first-order chi connectivity index (χ1) is 10.5. The number of rotatable bonds is 2. The highest BCUT2D eigenvalue weighted by atomic mass is 16.3. The number of hydrogen-bond donors (Lipinski definition) is 5. The molecule has 0 aliphatic carbocycles. The number of aliphatic hydroxyl groups is 2. The molecule has 3 heterocycles. The minimum Gasteiger partial charge on any atom is -0.392 e. The Balaban J connectivity index is 1.67. The summed E-state index contributed by atoms with van der Waals surface area (Å²) in [6.07, 6.45) is 1.59. The fourth-order valence-corrected chi connectivity index (χ4v) is 3.47. The van der Waals surface area contributed by atoms with Gasteiger partial charge >= 0.3 is 0 Å². The standard InChI is InChI=1S/C14H24N4O4/c19-8-1-3-10(15-5-8)13-14(22)18(7-12(21)17-13)11-4-2-9(20)6-16-11/h8-11,13,15-16,19-20H,1-7H2,(H,17,21). The van der Waals surface area contributed by atoms with Crippen LogP contribution in [0.1, 0.15) is 25.7 Å². The van der Waals surface area contributed by atoms with Crippen LogP contribution >= 0.6 is 0 Å². The highest BCUT2D eigenvalue weighted by Gasteiger charge is 2.42.